The zero-order chi connectivity index (χ0) is 37.5. The molecular weight excluding hydrogens is 701 g/mol. The Hall–Kier alpha value is -7.70. The van der Waals surface area contributed by atoms with Crippen LogP contribution in [0, 0.1) is 0 Å². The molecule has 6 heteroatoms. The average molecular weight is 733 g/mol. The zero-order valence-corrected chi connectivity index (χ0v) is 30.6. The SMILES string of the molecule is c1ccc(C2=NC(c3ccc4c(c3)oc3ccc(-c5ccc6oc7cc(-n8c9ccccc9c9ccccc98)ccc7c6c5)cc34)=NC(c3ccccc3)N2)cc1. The molecule has 12 rings (SSSR count). The van der Waals surface area contributed by atoms with E-state index in [1.54, 1.807) is 0 Å². The summed E-state index contributed by atoms with van der Waals surface area (Å²) in [5.74, 6) is 1.45. The van der Waals surface area contributed by atoms with E-state index in [1.807, 2.05) is 36.4 Å². The van der Waals surface area contributed by atoms with Gasteiger partial charge in [-0.25, -0.2) is 9.98 Å². The van der Waals surface area contributed by atoms with E-state index in [1.165, 1.54) is 21.8 Å². The van der Waals surface area contributed by atoms with Gasteiger partial charge in [-0.05, 0) is 77.4 Å². The van der Waals surface area contributed by atoms with Gasteiger partial charge < -0.3 is 18.7 Å². The van der Waals surface area contributed by atoms with Gasteiger partial charge in [0.25, 0.3) is 0 Å². The van der Waals surface area contributed by atoms with Gasteiger partial charge in [-0.2, -0.15) is 0 Å². The van der Waals surface area contributed by atoms with Gasteiger partial charge in [0.15, 0.2) is 5.84 Å². The molecule has 0 saturated carbocycles. The van der Waals surface area contributed by atoms with Crippen molar-refractivity contribution < 1.29 is 8.83 Å². The van der Waals surface area contributed by atoms with Crippen molar-refractivity contribution in [3.63, 3.8) is 0 Å². The number of fused-ring (bicyclic) bond motifs is 9. The number of hydrogen-bond acceptors (Lipinski definition) is 5. The number of benzene rings is 8. The zero-order valence-electron chi connectivity index (χ0n) is 30.6. The molecule has 4 heterocycles. The molecule has 1 aliphatic rings. The minimum atomic E-state index is -0.269. The van der Waals surface area contributed by atoms with Crippen LogP contribution in [0.15, 0.2) is 201 Å². The van der Waals surface area contributed by atoms with E-state index in [-0.39, 0.29) is 6.17 Å². The molecule has 1 atom stereocenters. The number of para-hydroxylation sites is 2. The van der Waals surface area contributed by atoms with Crippen LogP contribution >= 0.6 is 0 Å². The summed E-state index contributed by atoms with van der Waals surface area (Å²) in [5.41, 5.74) is 12.0. The number of amidine groups is 2. The van der Waals surface area contributed by atoms with Crippen LogP contribution < -0.4 is 5.32 Å². The summed E-state index contributed by atoms with van der Waals surface area (Å²) < 4.78 is 15.3. The second kappa shape index (κ2) is 12.4. The highest BCUT2D eigenvalue weighted by molar-refractivity contribution is 6.15. The second-order valence-corrected chi connectivity index (χ2v) is 14.6. The quantitative estimate of drug-likeness (QED) is 0.192. The Bertz CT molecular complexity index is 3390. The van der Waals surface area contributed by atoms with Crippen LogP contribution in [0.3, 0.4) is 0 Å². The molecule has 0 spiro atoms. The smallest absolute Gasteiger partial charge is 0.159 e. The third-order valence-electron chi connectivity index (χ3n) is 11.3. The number of nitrogens with one attached hydrogen (secondary N) is 1. The van der Waals surface area contributed by atoms with Crippen molar-refractivity contribution >= 4 is 77.4 Å². The van der Waals surface area contributed by atoms with Gasteiger partial charge in [0.1, 0.15) is 34.3 Å². The lowest BCUT2D eigenvalue weighted by atomic mass is 10.0. The monoisotopic (exact) mass is 732 g/mol. The van der Waals surface area contributed by atoms with E-state index in [9.17, 15) is 0 Å². The molecule has 0 saturated heterocycles. The standard InChI is InChI=1S/C51H32N4O2/c1-3-11-31(12-4-1)49-52-50(32-13-5-2-6-14-32)54-51(53-49)35-19-23-39-41-27-33(20-25-45(41)56-47(39)29-35)34-21-26-46-42(28-34)40-24-22-36(30-48(40)57-46)55-43-17-9-7-15-37(43)38-16-8-10-18-44(38)55/h1-30,49H,(H,52,53,54). The summed E-state index contributed by atoms with van der Waals surface area (Å²) in [5, 5.41) is 10.3. The van der Waals surface area contributed by atoms with E-state index in [0.29, 0.717) is 5.84 Å². The first-order chi connectivity index (χ1) is 28.2. The first-order valence-electron chi connectivity index (χ1n) is 19.2. The predicted octanol–water partition coefficient (Wildman–Crippen LogP) is 12.7. The van der Waals surface area contributed by atoms with Crippen LogP contribution in [0.5, 0.6) is 0 Å². The number of aliphatic imine (C=N–C) groups is 2. The maximum Gasteiger partial charge on any atom is 0.159 e. The summed E-state index contributed by atoms with van der Waals surface area (Å²) in [6.45, 7) is 0. The molecule has 3 aromatic heterocycles. The third-order valence-corrected chi connectivity index (χ3v) is 11.3. The van der Waals surface area contributed by atoms with Gasteiger partial charge in [0, 0.05) is 55.2 Å². The molecule has 1 N–H and O–H groups in total. The third kappa shape index (κ3) is 5.11. The normalized spacial score (nSPS) is 14.5. The summed E-state index contributed by atoms with van der Waals surface area (Å²) in [4.78, 5) is 10.1. The van der Waals surface area contributed by atoms with Gasteiger partial charge in [0.05, 0.1) is 11.0 Å². The highest BCUT2D eigenvalue weighted by Crippen LogP contribution is 2.38. The van der Waals surface area contributed by atoms with Crippen molar-refractivity contribution in [1.82, 2.24) is 9.88 Å². The number of aromatic nitrogens is 1. The molecule has 0 amide bonds. The molecule has 0 radical (unpaired) electrons. The Labute approximate surface area is 326 Å². The first-order valence-corrected chi connectivity index (χ1v) is 19.2. The van der Waals surface area contributed by atoms with Crippen molar-refractivity contribution in [2.24, 2.45) is 9.98 Å². The van der Waals surface area contributed by atoms with E-state index in [2.05, 4.69) is 155 Å². The summed E-state index contributed by atoms with van der Waals surface area (Å²) in [7, 11) is 0. The van der Waals surface area contributed by atoms with Crippen LogP contribution in [0.1, 0.15) is 22.9 Å². The minimum Gasteiger partial charge on any atom is -0.456 e. The summed E-state index contributed by atoms with van der Waals surface area (Å²) >= 11 is 0. The molecule has 0 fully saturated rings. The van der Waals surface area contributed by atoms with Gasteiger partial charge in [-0.15, -0.1) is 0 Å². The predicted molar refractivity (Wildman–Crippen MR) is 233 cm³/mol. The maximum absolute atomic E-state index is 6.50. The van der Waals surface area contributed by atoms with Crippen LogP contribution in [-0.4, -0.2) is 16.2 Å². The van der Waals surface area contributed by atoms with Gasteiger partial charge in [0.2, 0.25) is 0 Å². The topological polar surface area (TPSA) is 68.0 Å². The fourth-order valence-electron chi connectivity index (χ4n) is 8.51. The highest BCUT2D eigenvalue weighted by Gasteiger charge is 2.22. The largest absolute Gasteiger partial charge is 0.456 e. The molecule has 6 nitrogen and oxygen atoms in total. The van der Waals surface area contributed by atoms with Gasteiger partial charge >= 0.3 is 0 Å². The van der Waals surface area contributed by atoms with E-state index >= 15 is 0 Å². The number of rotatable bonds is 5. The van der Waals surface area contributed by atoms with Crippen molar-refractivity contribution in [2.45, 2.75) is 6.17 Å². The lowest BCUT2D eigenvalue weighted by molar-refractivity contribution is 0.667. The Morgan fingerprint density at radius 3 is 1.65 bits per heavy atom. The highest BCUT2D eigenvalue weighted by atomic mass is 16.3. The summed E-state index contributed by atoms with van der Waals surface area (Å²) in [6.07, 6.45) is -0.269. The van der Waals surface area contributed by atoms with Crippen molar-refractivity contribution in [3.05, 3.63) is 199 Å². The Balaban J connectivity index is 0.913. The lowest BCUT2D eigenvalue weighted by Gasteiger charge is -2.23. The van der Waals surface area contributed by atoms with Crippen molar-refractivity contribution in [2.75, 3.05) is 0 Å². The van der Waals surface area contributed by atoms with Crippen LogP contribution in [0.4, 0.5) is 0 Å². The Morgan fingerprint density at radius 1 is 0.421 bits per heavy atom. The molecule has 0 aliphatic carbocycles. The van der Waals surface area contributed by atoms with Crippen LogP contribution in [0.2, 0.25) is 0 Å². The van der Waals surface area contributed by atoms with E-state index < -0.39 is 0 Å². The minimum absolute atomic E-state index is 0.269. The van der Waals surface area contributed by atoms with Crippen LogP contribution in [0.25, 0.3) is 82.5 Å². The van der Waals surface area contributed by atoms with Crippen LogP contribution in [-0.2, 0) is 0 Å². The molecule has 1 unspecified atom stereocenters. The van der Waals surface area contributed by atoms with E-state index in [0.717, 1.165) is 83.2 Å². The fourth-order valence-corrected chi connectivity index (χ4v) is 8.51. The van der Waals surface area contributed by atoms with Gasteiger partial charge in [-0.3, -0.25) is 0 Å². The van der Waals surface area contributed by atoms with Crippen molar-refractivity contribution in [1.29, 1.82) is 0 Å². The fraction of sp³-hybridized carbons (Fsp3) is 0.0196. The Morgan fingerprint density at radius 2 is 0.982 bits per heavy atom. The molecule has 268 valence electrons. The first kappa shape index (κ1) is 31.6. The van der Waals surface area contributed by atoms with E-state index in [4.69, 9.17) is 18.8 Å². The maximum atomic E-state index is 6.50. The van der Waals surface area contributed by atoms with Crippen molar-refractivity contribution in [3.8, 4) is 16.8 Å². The number of nitrogens with zero attached hydrogens (tertiary/aromatic N) is 3. The number of hydrogen-bond donors (Lipinski definition) is 1. The molecular formula is C51H32N4O2. The molecule has 57 heavy (non-hydrogen) atoms. The second-order valence-electron chi connectivity index (χ2n) is 14.6. The molecule has 0 bridgehead atoms. The number of furan rings is 2. The average Bonchev–Trinajstić information content (AvgIpc) is 3.95. The Kier molecular flexibility index (Phi) is 6.89. The lowest BCUT2D eigenvalue weighted by Crippen LogP contribution is -2.33. The molecule has 8 aromatic carbocycles. The molecule has 1 aliphatic heterocycles. The summed E-state index contributed by atoms with van der Waals surface area (Å²) in [6, 6.07) is 63.3. The molecule has 11 aromatic rings. The van der Waals surface area contributed by atoms with Gasteiger partial charge in [-0.1, -0.05) is 115 Å².